The van der Waals surface area contributed by atoms with Crippen molar-refractivity contribution in [2.24, 2.45) is 0 Å². The highest BCUT2D eigenvalue weighted by Crippen LogP contribution is 2.50. The summed E-state index contributed by atoms with van der Waals surface area (Å²) in [6.07, 6.45) is 0.331. The number of hydrogen-bond acceptors (Lipinski definition) is 4. The monoisotopic (exact) mass is 341 g/mol. The maximum atomic E-state index is 13.0. The number of rotatable bonds is 1. The minimum absolute atomic E-state index is 0.106. The first kappa shape index (κ1) is 15.8. The first-order valence-electron chi connectivity index (χ1n) is 8.24. The lowest BCUT2D eigenvalue weighted by molar-refractivity contribution is -0.159. The molecule has 7 heteroatoms. The van der Waals surface area contributed by atoms with E-state index < -0.39 is 23.7 Å². The van der Waals surface area contributed by atoms with Gasteiger partial charge in [-0.1, -0.05) is 6.07 Å². The van der Waals surface area contributed by atoms with E-state index in [4.69, 9.17) is 16.0 Å². The number of fused-ring (bicyclic) bond motifs is 2. The fourth-order valence-electron chi connectivity index (χ4n) is 4.09. The number of carbonyl (C=O) groups is 2. The quantitative estimate of drug-likeness (QED) is 0.728. The fraction of sp³-hybridized carbons (Fsp3) is 0.500. The summed E-state index contributed by atoms with van der Waals surface area (Å²) in [5.41, 5.74) is -0.0719. The summed E-state index contributed by atoms with van der Waals surface area (Å²) in [6.45, 7) is 11.4. The molecule has 2 unspecified atom stereocenters. The van der Waals surface area contributed by atoms with Crippen molar-refractivity contribution in [2.75, 3.05) is 13.8 Å². The second-order valence-electron chi connectivity index (χ2n) is 7.07. The fourth-order valence-corrected chi connectivity index (χ4v) is 4.09. The second kappa shape index (κ2) is 5.12. The molecular weight excluding hydrogens is 322 g/mol. The van der Waals surface area contributed by atoms with Crippen LogP contribution >= 0.6 is 0 Å². The minimum atomic E-state index is -0.866. The molecule has 4 rings (SSSR count). The Bertz CT molecular complexity index is 817. The van der Waals surface area contributed by atoms with E-state index >= 15 is 0 Å². The van der Waals surface area contributed by atoms with Crippen LogP contribution < -0.4 is 9.47 Å². The molecule has 0 spiro atoms. The van der Waals surface area contributed by atoms with Crippen LogP contribution in [0.3, 0.4) is 0 Å². The summed E-state index contributed by atoms with van der Waals surface area (Å²) in [7, 11) is 1.64. The van der Waals surface area contributed by atoms with Gasteiger partial charge >= 0.3 is 0 Å². The zero-order chi connectivity index (χ0) is 17.9. The van der Waals surface area contributed by atoms with Crippen LogP contribution in [0.15, 0.2) is 18.2 Å². The van der Waals surface area contributed by atoms with Crippen molar-refractivity contribution in [1.82, 2.24) is 9.80 Å². The van der Waals surface area contributed by atoms with Gasteiger partial charge in [-0.25, -0.2) is 6.57 Å². The van der Waals surface area contributed by atoms with E-state index in [0.29, 0.717) is 17.9 Å². The summed E-state index contributed by atoms with van der Waals surface area (Å²) in [5.74, 6) is 1.03. The summed E-state index contributed by atoms with van der Waals surface area (Å²) >= 11 is 0. The number of amides is 2. The standard InChI is InChI=1S/C18H19N3O4/c1-10-16(22)21-12(17(23)20(10)4)8-18(2,19-3)15(21)11-5-6-13-14(7-11)25-9-24-13/h5-7,10,12,15H,8-9H2,1-2,4H3/t10-,12?,15?,18+/m1/s1. The van der Waals surface area contributed by atoms with Gasteiger partial charge in [0, 0.05) is 14.0 Å². The topological polar surface area (TPSA) is 63.4 Å². The first-order valence-corrected chi connectivity index (χ1v) is 8.24. The van der Waals surface area contributed by atoms with Crippen molar-refractivity contribution in [3.05, 3.63) is 35.2 Å². The molecule has 2 saturated heterocycles. The molecule has 0 aromatic heterocycles. The van der Waals surface area contributed by atoms with E-state index in [-0.39, 0.29) is 18.6 Å². The van der Waals surface area contributed by atoms with E-state index in [2.05, 4.69) is 4.85 Å². The van der Waals surface area contributed by atoms with Gasteiger partial charge in [-0.2, -0.15) is 0 Å². The predicted octanol–water partition coefficient (Wildman–Crippen LogP) is 1.60. The van der Waals surface area contributed by atoms with Crippen LogP contribution in [0.25, 0.3) is 4.85 Å². The lowest BCUT2D eigenvalue weighted by Crippen LogP contribution is -2.60. The van der Waals surface area contributed by atoms with Gasteiger partial charge in [-0.15, -0.1) is 0 Å². The number of benzene rings is 1. The summed E-state index contributed by atoms with van der Waals surface area (Å²) in [5, 5.41) is 0. The Morgan fingerprint density at radius 3 is 2.68 bits per heavy atom. The summed E-state index contributed by atoms with van der Waals surface area (Å²) < 4.78 is 10.8. The van der Waals surface area contributed by atoms with Gasteiger partial charge in [0.15, 0.2) is 11.5 Å². The Hall–Kier alpha value is -2.75. The molecular formula is C18H19N3O4. The molecule has 3 heterocycles. The van der Waals surface area contributed by atoms with Crippen LogP contribution in [0.5, 0.6) is 11.5 Å². The van der Waals surface area contributed by atoms with Crippen LogP contribution in [0, 0.1) is 6.57 Å². The van der Waals surface area contributed by atoms with E-state index in [1.807, 2.05) is 19.1 Å². The van der Waals surface area contributed by atoms with Crippen molar-refractivity contribution >= 4 is 11.8 Å². The maximum Gasteiger partial charge on any atom is 0.256 e. The third-order valence-corrected chi connectivity index (χ3v) is 5.60. The zero-order valence-electron chi connectivity index (χ0n) is 14.4. The zero-order valence-corrected chi connectivity index (χ0v) is 14.4. The van der Waals surface area contributed by atoms with Crippen molar-refractivity contribution in [2.45, 2.75) is 43.9 Å². The number of likely N-dealkylation sites (N-methyl/N-ethyl adjacent to an activating group) is 1. The Morgan fingerprint density at radius 1 is 1.24 bits per heavy atom. The average Bonchev–Trinajstić information content (AvgIpc) is 3.20. The molecule has 0 bridgehead atoms. The van der Waals surface area contributed by atoms with Crippen molar-refractivity contribution in [3.8, 4) is 11.5 Å². The lowest BCUT2D eigenvalue weighted by atomic mass is 9.87. The maximum absolute atomic E-state index is 13.0. The highest BCUT2D eigenvalue weighted by molar-refractivity contribution is 5.97. The van der Waals surface area contributed by atoms with Gasteiger partial charge in [0.25, 0.3) is 5.54 Å². The van der Waals surface area contributed by atoms with Gasteiger partial charge in [0.1, 0.15) is 18.1 Å². The normalized spacial score (nSPS) is 33.4. The highest BCUT2D eigenvalue weighted by Gasteiger charge is 2.62. The molecule has 25 heavy (non-hydrogen) atoms. The molecule has 130 valence electrons. The number of hydrogen-bond donors (Lipinski definition) is 0. The van der Waals surface area contributed by atoms with Crippen molar-refractivity contribution in [3.63, 3.8) is 0 Å². The lowest BCUT2D eigenvalue weighted by Gasteiger charge is -2.41. The Kier molecular flexibility index (Phi) is 3.23. The van der Waals surface area contributed by atoms with Gasteiger partial charge in [-0.05, 0) is 24.6 Å². The number of nitrogens with zero attached hydrogens (tertiary/aromatic N) is 3. The van der Waals surface area contributed by atoms with Gasteiger partial charge in [-0.3, -0.25) is 9.59 Å². The molecule has 3 aliphatic rings. The SMILES string of the molecule is [C-]#[N+][C@@]1(C)CC2C(=O)N(C)[C@H](C)C(=O)N2C1c1ccc2c(c1)OCO2. The molecule has 1 aromatic rings. The molecule has 2 fully saturated rings. The Balaban J connectivity index is 1.83. The number of piperazine rings is 1. The Morgan fingerprint density at radius 2 is 1.96 bits per heavy atom. The first-order chi connectivity index (χ1) is 11.9. The number of ether oxygens (including phenoxy) is 2. The third-order valence-electron chi connectivity index (χ3n) is 5.60. The molecule has 0 radical (unpaired) electrons. The van der Waals surface area contributed by atoms with E-state index in [1.165, 1.54) is 4.90 Å². The molecule has 1 aromatic carbocycles. The second-order valence-corrected chi connectivity index (χ2v) is 7.07. The van der Waals surface area contributed by atoms with Gasteiger partial charge in [0.05, 0.1) is 6.42 Å². The molecule has 0 N–H and O–H groups in total. The van der Waals surface area contributed by atoms with E-state index in [0.717, 1.165) is 5.56 Å². The van der Waals surface area contributed by atoms with Crippen molar-refractivity contribution < 1.29 is 19.1 Å². The molecule has 7 nitrogen and oxygen atoms in total. The van der Waals surface area contributed by atoms with Gasteiger partial charge in [0.2, 0.25) is 18.6 Å². The van der Waals surface area contributed by atoms with E-state index in [1.54, 1.807) is 24.9 Å². The van der Waals surface area contributed by atoms with Crippen LogP contribution in [0.2, 0.25) is 0 Å². The molecule has 0 saturated carbocycles. The van der Waals surface area contributed by atoms with Crippen LogP contribution in [0.1, 0.15) is 31.9 Å². The molecule has 3 aliphatic heterocycles. The van der Waals surface area contributed by atoms with Crippen LogP contribution in [-0.4, -0.2) is 53.1 Å². The summed E-state index contributed by atoms with van der Waals surface area (Å²) in [6, 6.07) is 3.85. The van der Waals surface area contributed by atoms with Crippen molar-refractivity contribution in [1.29, 1.82) is 0 Å². The van der Waals surface area contributed by atoms with Crippen LogP contribution in [0.4, 0.5) is 0 Å². The molecule has 4 atom stereocenters. The molecule has 0 aliphatic carbocycles. The number of carbonyl (C=O) groups excluding carboxylic acids is 2. The Labute approximate surface area is 145 Å². The van der Waals surface area contributed by atoms with E-state index in [9.17, 15) is 9.59 Å². The third kappa shape index (κ3) is 2.03. The minimum Gasteiger partial charge on any atom is -0.454 e. The average molecular weight is 341 g/mol. The summed E-state index contributed by atoms with van der Waals surface area (Å²) in [4.78, 5) is 32.6. The van der Waals surface area contributed by atoms with Gasteiger partial charge < -0.3 is 24.1 Å². The largest absolute Gasteiger partial charge is 0.454 e. The van der Waals surface area contributed by atoms with Crippen LogP contribution in [-0.2, 0) is 9.59 Å². The molecule has 2 amide bonds. The smallest absolute Gasteiger partial charge is 0.256 e. The predicted molar refractivity (Wildman–Crippen MR) is 87.8 cm³/mol. The highest BCUT2D eigenvalue weighted by atomic mass is 16.7.